The van der Waals surface area contributed by atoms with Crippen LogP contribution in [0, 0.1) is 11.7 Å². The highest BCUT2D eigenvalue weighted by Gasteiger charge is 2.32. The van der Waals surface area contributed by atoms with Gasteiger partial charge in [0.25, 0.3) is 0 Å². The van der Waals surface area contributed by atoms with E-state index >= 15 is 0 Å². The Bertz CT molecular complexity index is 392. The Balaban J connectivity index is 0.00000289. The molecule has 1 nitrogen and oxygen atoms in total. The highest BCUT2D eigenvalue weighted by atomic mass is 35.5. The smallest absolute Gasteiger partial charge is 0.324 e. The van der Waals surface area contributed by atoms with Crippen molar-refractivity contribution in [2.75, 3.05) is 0 Å². The highest BCUT2D eigenvalue weighted by Crippen LogP contribution is 2.33. The second kappa shape index (κ2) is 6.38. The maximum atomic E-state index is 13.5. The van der Waals surface area contributed by atoms with Gasteiger partial charge in [0.05, 0.1) is 5.56 Å². The average molecular weight is 286 g/mol. The molecule has 18 heavy (non-hydrogen) atoms. The minimum absolute atomic E-state index is 0. The Labute approximate surface area is 110 Å². The van der Waals surface area contributed by atoms with Gasteiger partial charge in [-0.15, -0.1) is 12.4 Å². The molecule has 0 bridgehead atoms. The number of rotatable bonds is 3. The Morgan fingerprint density at radius 2 is 1.83 bits per heavy atom. The molecule has 0 aliphatic heterocycles. The predicted octanol–water partition coefficient (Wildman–Crippen LogP) is 4.31. The second-order valence-electron chi connectivity index (χ2n) is 4.15. The zero-order chi connectivity index (χ0) is 13.2. The molecule has 0 aliphatic carbocycles. The van der Waals surface area contributed by atoms with E-state index in [1.165, 1.54) is 0 Å². The third-order valence-electron chi connectivity index (χ3n) is 2.94. The van der Waals surface area contributed by atoms with E-state index in [1.807, 2.05) is 6.92 Å². The molecule has 0 heterocycles. The van der Waals surface area contributed by atoms with Crippen molar-refractivity contribution in [1.82, 2.24) is 0 Å². The van der Waals surface area contributed by atoms with E-state index in [-0.39, 0.29) is 23.9 Å². The lowest BCUT2D eigenvalue weighted by Crippen LogP contribution is -2.20. The van der Waals surface area contributed by atoms with Crippen LogP contribution >= 0.6 is 12.4 Å². The third kappa shape index (κ3) is 3.85. The van der Waals surface area contributed by atoms with Crippen molar-refractivity contribution >= 4 is 12.4 Å². The van der Waals surface area contributed by atoms with Gasteiger partial charge < -0.3 is 5.73 Å². The van der Waals surface area contributed by atoms with E-state index in [4.69, 9.17) is 5.73 Å². The van der Waals surface area contributed by atoms with Gasteiger partial charge in [-0.25, -0.2) is 4.39 Å². The molecule has 1 aromatic carbocycles. The lowest BCUT2D eigenvalue weighted by molar-refractivity contribution is -0.137. The van der Waals surface area contributed by atoms with Crippen molar-refractivity contribution < 1.29 is 17.6 Å². The molecular formula is C12H16ClF4N. The summed E-state index contributed by atoms with van der Waals surface area (Å²) >= 11 is 0. The number of halogens is 5. The van der Waals surface area contributed by atoms with Crippen LogP contribution in [0.3, 0.4) is 0 Å². The molecule has 2 atom stereocenters. The summed E-state index contributed by atoms with van der Waals surface area (Å²) in [5.41, 5.74) is 4.81. The monoisotopic (exact) mass is 285 g/mol. The normalized spacial score (nSPS) is 14.8. The number of hydrogen-bond donors (Lipinski definition) is 1. The first-order chi connectivity index (χ1) is 7.77. The minimum atomic E-state index is -4.47. The van der Waals surface area contributed by atoms with Crippen molar-refractivity contribution in [1.29, 1.82) is 0 Å². The topological polar surface area (TPSA) is 26.0 Å². The van der Waals surface area contributed by atoms with Crippen molar-refractivity contribution in [2.45, 2.75) is 32.5 Å². The van der Waals surface area contributed by atoms with E-state index in [0.717, 1.165) is 18.2 Å². The van der Waals surface area contributed by atoms with Crippen LogP contribution in [-0.4, -0.2) is 0 Å². The van der Waals surface area contributed by atoms with E-state index < -0.39 is 23.6 Å². The van der Waals surface area contributed by atoms with Crippen molar-refractivity contribution in [2.24, 2.45) is 11.7 Å². The van der Waals surface area contributed by atoms with Gasteiger partial charge in [-0.05, 0) is 24.1 Å². The molecule has 0 aliphatic rings. The molecule has 0 fully saturated rings. The average Bonchev–Trinajstić information content (AvgIpc) is 2.26. The molecule has 0 amide bonds. The van der Waals surface area contributed by atoms with E-state index in [1.54, 1.807) is 6.92 Å². The molecular weight excluding hydrogens is 270 g/mol. The maximum absolute atomic E-state index is 13.5. The molecule has 104 valence electrons. The standard InChI is InChI=1S/C12H15F4N.ClH/c1-3-7(2)11(17)9-6-8(12(14,15)16)4-5-10(9)13;/h4-7,11H,3,17H2,1-2H3;1H/t7?,11-;/m0./s1. The summed E-state index contributed by atoms with van der Waals surface area (Å²) < 4.78 is 50.9. The minimum Gasteiger partial charge on any atom is -0.324 e. The van der Waals surface area contributed by atoms with Gasteiger partial charge in [0.1, 0.15) is 5.82 Å². The van der Waals surface area contributed by atoms with Gasteiger partial charge in [0.2, 0.25) is 0 Å². The zero-order valence-corrected chi connectivity index (χ0v) is 10.9. The molecule has 6 heteroatoms. The summed E-state index contributed by atoms with van der Waals surface area (Å²) in [5.74, 6) is -0.765. The summed E-state index contributed by atoms with van der Waals surface area (Å²) in [6, 6.07) is 1.62. The van der Waals surface area contributed by atoms with E-state index in [9.17, 15) is 17.6 Å². The fourth-order valence-corrected chi connectivity index (χ4v) is 1.54. The Kier molecular flexibility index (Phi) is 6.10. The van der Waals surface area contributed by atoms with Crippen LogP contribution in [0.15, 0.2) is 18.2 Å². The van der Waals surface area contributed by atoms with Crippen LogP contribution in [0.4, 0.5) is 17.6 Å². The number of alkyl halides is 3. The number of benzene rings is 1. The van der Waals surface area contributed by atoms with Crippen molar-refractivity contribution in [3.8, 4) is 0 Å². The lowest BCUT2D eigenvalue weighted by atomic mass is 9.92. The van der Waals surface area contributed by atoms with Gasteiger partial charge in [-0.3, -0.25) is 0 Å². The first-order valence-corrected chi connectivity index (χ1v) is 5.39. The molecule has 0 spiro atoms. The van der Waals surface area contributed by atoms with Gasteiger partial charge in [-0.1, -0.05) is 20.3 Å². The van der Waals surface area contributed by atoms with Crippen LogP contribution in [0.2, 0.25) is 0 Å². The van der Waals surface area contributed by atoms with Gasteiger partial charge in [0, 0.05) is 11.6 Å². The Morgan fingerprint density at radius 3 is 2.28 bits per heavy atom. The van der Waals surface area contributed by atoms with Crippen molar-refractivity contribution in [3.63, 3.8) is 0 Å². The molecule has 0 radical (unpaired) electrons. The first kappa shape index (κ1) is 17.2. The van der Waals surface area contributed by atoms with Gasteiger partial charge >= 0.3 is 6.18 Å². The molecule has 0 aromatic heterocycles. The van der Waals surface area contributed by atoms with E-state index in [2.05, 4.69) is 0 Å². The summed E-state index contributed by atoms with van der Waals surface area (Å²) in [6.07, 6.45) is -3.80. The molecule has 1 unspecified atom stereocenters. The Hall–Kier alpha value is -0.810. The summed E-state index contributed by atoms with van der Waals surface area (Å²) in [4.78, 5) is 0. The zero-order valence-electron chi connectivity index (χ0n) is 10.1. The lowest BCUT2D eigenvalue weighted by Gasteiger charge is -2.20. The third-order valence-corrected chi connectivity index (χ3v) is 2.94. The van der Waals surface area contributed by atoms with Crippen LogP contribution in [0.1, 0.15) is 37.4 Å². The first-order valence-electron chi connectivity index (χ1n) is 5.39. The molecule has 0 saturated carbocycles. The molecule has 2 N–H and O–H groups in total. The quantitative estimate of drug-likeness (QED) is 0.823. The van der Waals surface area contributed by atoms with Crippen molar-refractivity contribution in [3.05, 3.63) is 35.1 Å². The fourth-order valence-electron chi connectivity index (χ4n) is 1.54. The molecule has 1 rings (SSSR count). The summed E-state index contributed by atoms with van der Waals surface area (Å²) in [7, 11) is 0. The molecule has 1 aromatic rings. The second-order valence-corrected chi connectivity index (χ2v) is 4.15. The highest BCUT2D eigenvalue weighted by molar-refractivity contribution is 5.85. The maximum Gasteiger partial charge on any atom is 0.416 e. The number of hydrogen-bond acceptors (Lipinski definition) is 1. The van der Waals surface area contributed by atoms with Crippen LogP contribution in [0.5, 0.6) is 0 Å². The largest absolute Gasteiger partial charge is 0.416 e. The van der Waals surface area contributed by atoms with E-state index in [0.29, 0.717) is 6.42 Å². The Morgan fingerprint density at radius 1 is 1.28 bits per heavy atom. The van der Waals surface area contributed by atoms with Crippen LogP contribution < -0.4 is 5.73 Å². The fraction of sp³-hybridized carbons (Fsp3) is 0.500. The van der Waals surface area contributed by atoms with Crippen LogP contribution in [0.25, 0.3) is 0 Å². The predicted molar refractivity (Wildman–Crippen MR) is 65.0 cm³/mol. The summed E-state index contributed by atoms with van der Waals surface area (Å²) in [6.45, 7) is 3.64. The van der Waals surface area contributed by atoms with Gasteiger partial charge in [0.15, 0.2) is 0 Å². The summed E-state index contributed by atoms with van der Waals surface area (Å²) in [5, 5.41) is 0. The number of nitrogens with two attached hydrogens (primary N) is 1. The van der Waals surface area contributed by atoms with Crippen LogP contribution in [-0.2, 0) is 6.18 Å². The van der Waals surface area contributed by atoms with Gasteiger partial charge in [-0.2, -0.15) is 13.2 Å². The SMILES string of the molecule is CCC(C)[C@H](N)c1cc(C(F)(F)F)ccc1F.Cl. The molecule has 0 saturated heterocycles.